The van der Waals surface area contributed by atoms with Crippen LogP contribution in [0.25, 0.3) is 0 Å². The van der Waals surface area contributed by atoms with E-state index in [0.29, 0.717) is 0 Å². The summed E-state index contributed by atoms with van der Waals surface area (Å²) in [7, 11) is 1.88. The lowest BCUT2D eigenvalue weighted by molar-refractivity contribution is -0.0716. The lowest BCUT2D eigenvalue weighted by atomic mass is 9.79. The Morgan fingerprint density at radius 3 is 2.63 bits per heavy atom. The number of rotatable bonds is 5. The topological polar surface area (TPSA) is 33.3 Å². The van der Waals surface area contributed by atoms with Crippen LogP contribution in [0.1, 0.15) is 57.8 Å². The summed E-state index contributed by atoms with van der Waals surface area (Å²) in [6, 6.07) is 1.50. The third-order valence-electron chi connectivity index (χ3n) is 5.82. The molecular weight excluding hydrogens is 236 g/mol. The van der Waals surface area contributed by atoms with Crippen LogP contribution >= 0.6 is 0 Å². The molecule has 19 heavy (non-hydrogen) atoms. The molecule has 0 bridgehead atoms. The van der Waals surface area contributed by atoms with Crippen LogP contribution in [0.3, 0.4) is 0 Å². The summed E-state index contributed by atoms with van der Waals surface area (Å²) >= 11 is 0. The molecular formula is C16H30N2O. The Kier molecular flexibility index (Phi) is 4.45. The Morgan fingerprint density at radius 2 is 2.00 bits per heavy atom. The standard InChI is InChI=1S/C16H30N2O/c1-19-16(9-5-10-16)12-18-15-8-4-6-13(15)14-7-2-3-11-17-14/h13-15,17-18H,2-12H2,1H3. The number of nitrogens with one attached hydrogen (secondary N) is 2. The maximum atomic E-state index is 5.74. The van der Waals surface area contributed by atoms with Crippen LogP contribution in [0.4, 0.5) is 0 Å². The first-order valence-corrected chi connectivity index (χ1v) is 8.35. The van der Waals surface area contributed by atoms with Crippen molar-refractivity contribution in [2.75, 3.05) is 20.2 Å². The average Bonchev–Trinajstić information content (AvgIpc) is 2.87. The molecule has 0 spiro atoms. The van der Waals surface area contributed by atoms with E-state index in [9.17, 15) is 0 Å². The quantitative estimate of drug-likeness (QED) is 0.802. The first-order chi connectivity index (χ1) is 9.33. The Bertz CT molecular complexity index is 279. The molecule has 0 amide bonds. The van der Waals surface area contributed by atoms with Crippen LogP contribution < -0.4 is 10.6 Å². The van der Waals surface area contributed by atoms with Crippen molar-refractivity contribution >= 4 is 0 Å². The fourth-order valence-corrected chi connectivity index (χ4v) is 4.31. The summed E-state index contributed by atoms with van der Waals surface area (Å²) in [5.41, 5.74) is 0.174. The van der Waals surface area contributed by atoms with Gasteiger partial charge in [-0.25, -0.2) is 0 Å². The fraction of sp³-hybridized carbons (Fsp3) is 1.00. The zero-order chi connectivity index (χ0) is 13.1. The highest BCUT2D eigenvalue weighted by atomic mass is 16.5. The summed E-state index contributed by atoms with van der Waals surface area (Å²) in [6.07, 6.45) is 12.2. The van der Waals surface area contributed by atoms with Crippen molar-refractivity contribution < 1.29 is 4.74 Å². The predicted octanol–water partition coefficient (Wildman–Crippen LogP) is 2.46. The van der Waals surface area contributed by atoms with Crippen molar-refractivity contribution in [2.45, 2.75) is 75.5 Å². The lowest BCUT2D eigenvalue weighted by Crippen LogP contribution is -2.53. The van der Waals surface area contributed by atoms with E-state index in [1.54, 1.807) is 0 Å². The number of methoxy groups -OCH3 is 1. The number of hydrogen-bond acceptors (Lipinski definition) is 3. The molecule has 3 rings (SSSR count). The second kappa shape index (κ2) is 6.11. The van der Waals surface area contributed by atoms with Crippen LogP contribution in [0.2, 0.25) is 0 Å². The van der Waals surface area contributed by atoms with Gasteiger partial charge in [-0.05, 0) is 57.4 Å². The average molecular weight is 266 g/mol. The molecule has 0 aromatic carbocycles. The Labute approximate surface area is 117 Å². The molecule has 1 saturated heterocycles. The Morgan fingerprint density at radius 1 is 1.11 bits per heavy atom. The third-order valence-corrected chi connectivity index (χ3v) is 5.82. The summed E-state index contributed by atoms with van der Waals surface area (Å²) in [5, 5.41) is 7.62. The molecule has 0 aromatic heterocycles. The van der Waals surface area contributed by atoms with Gasteiger partial charge in [0, 0.05) is 25.7 Å². The molecule has 3 heteroatoms. The van der Waals surface area contributed by atoms with E-state index in [0.717, 1.165) is 24.5 Å². The van der Waals surface area contributed by atoms with Gasteiger partial charge in [0.1, 0.15) is 0 Å². The molecule has 3 unspecified atom stereocenters. The second-order valence-corrected chi connectivity index (χ2v) is 6.88. The first kappa shape index (κ1) is 13.8. The number of ether oxygens (including phenoxy) is 1. The van der Waals surface area contributed by atoms with E-state index >= 15 is 0 Å². The minimum absolute atomic E-state index is 0.174. The molecule has 3 nitrogen and oxygen atoms in total. The SMILES string of the molecule is COC1(CNC2CCCC2C2CCCCN2)CCC1. The normalized spacial score (nSPS) is 38.1. The fourth-order valence-electron chi connectivity index (χ4n) is 4.31. The highest BCUT2D eigenvalue weighted by molar-refractivity contribution is 4.96. The van der Waals surface area contributed by atoms with Crippen molar-refractivity contribution in [1.29, 1.82) is 0 Å². The molecule has 1 aliphatic heterocycles. The van der Waals surface area contributed by atoms with Crippen LogP contribution in [0.15, 0.2) is 0 Å². The van der Waals surface area contributed by atoms with Crippen LogP contribution in [-0.2, 0) is 4.74 Å². The molecule has 0 radical (unpaired) electrons. The van der Waals surface area contributed by atoms with Gasteiger partial charge < -0.3 is 15.4 Å². The minimum Gasteiger partial charge on any atom is -0.377 e. The molecule has 2 saturated carbocycles. The molecule has 3 atom stereocenters. The first-order valence-electron chi connectivity index (χ1n) is 8.35. The van der Waals surface area contributed by atoms with E-state index in [4.69, 9.17) is 4.74 Å². The van der Waals surface area contributed by atoms with Crippen molar-refractivity contribution in [1.82, 2.24) is 10.6 Å². The van der Waals surface area contributed by atoms with Gasteiger partial charge in [-0.2, -0.15) is 0 Å². The van der Waals surface area contributed by atoms with Gasteiger partial charge in [-0.3, -0.25) is 0 Å². The largest absolute Gasteiger partial charge is 0.377 e. The van der Waals surface area contributed by atoms with E-state index in [1.807, 2.05) is 7.11 Å². The lowest BCUT2D eigenvalue weighted by Gasteiger charge is -2.42. The van der Waals surface area contributed by atoms with E-state index in [1.165, 1.54) is 64.3 Å². The van der Waals surface area contributed by atoms with Crippen molar-refractivity contribution in [3.8, 4) is 0 Å². The van der Waals surface area contributed by atoms with Crippen molar-refractivity contribution in [3.63, 3.8) is 0 Å². The van der Waals surface area contributed by atoms with Gasteiger partial charge >= 0.3 is 0 Å². The summed E-state index contributed by atoms with van der Waals surface area (Å²) in [4.78, 5) is 0. The summed E-state index contributed by atoms with van der Waals surface area (Å²) in [5.74, 6) is 0.856. The van der Waals surface area contributed by atoms with Gasteiger partial charge in [0.2, 0.25) is 0 Å². The molecule has 3 fully saturated rings. The Balaban J connectivity index is 1.51. The van der Waals surface area contributed by atoms with Crippen LogP contribution in [0, 0.1) is 5.92 Å². The summed E-state index contributed by atoms with van der Waals surface area (Å²) in [6.45, 7) is 2.30. The second-order valence-electron chi connectivity index (χ2n) is 6.88. The highest BCUT2D eigenvalue weighted by Crippen LogP contribution is 2.36. The maximum Gasteiger partial charge on any atom is 0.0802 e. The van der Waals surface area contributed by atoms with Crippen LogP contribution in [-0.4, -0.2) is 37.9 Å². The van der Waals surface area contributed by atoms with Gasteiger partial charge in [-0.1, -0.05) is 12.8 Å². The van der Waals surface area contributed by atoms with E-state index < -0.39 is 0 Å². The monoisotopic (exact) mass is 266 g/mol. The number of hydrogen-bond donors (Lipinski definition) is 2. The zero-order valence-corrected chi connectivity index (χ0v) is 12.4. The highest BCUT2D eigenvalue weighted by Gasteiger charge is 2.39. The third kappa shape index (κ3) is 2.98. The van der Waals surface area contributed by atoms with Crippen molar-refractivity contribution in [3.05, 3.63) is 0 Å². The molecule has 110 valence electrons. The van der Waals surface area contributed by atoms with E-state index in [-0.39, 0.29) is 5.60 Å². The number of piperidine rings is 1. The molecule has 0 aromatic rings. The van der Waals surface area contributed by atoms with Gasteiger partial charge in [0.15, 0.2) is 0 Å². The molecule has 2 N–H and O–H groups in total. The van der Waals surface area contributed by atoms with E-state index in [2.05, 4.69) is 10.6 Å². The smallest absolute Gasteiger partial charge is 0.0802 e. The van der Waals surface area contributed by atoms with Crippen LogP contribution in [0.5, 0.6) is 0 Å². The molecule has 1 heterocycles. The molecule has 2 aliphatic carbocycles. The zero-order valence-electron chi connectivity index (χ0n) is 12.4. The van der Waals surface area contributed by atoms with Gasteiger partial charge in [-0.15, -0.1) is 0 Å². The summed E-state index contributed by atoms with van der Waals surface area (Å²) < 4.78 is 5.74. The minimum atomic E-state index is 0.174. The molecule has 3 aliphatic rings. The predicted molar refractivity (Wildman–Crippen MR) is 78.4 cm³/mol. The van der Waals surface area contributed by atoms with Crippen molar-refractivity contribution in [2.24, 2.45) is 5.92 Å². The Hall–Kier alpha value is -0.120. The maximum absolute atomic E-state index is 5.74. The van der Waals surface area contributed by atoms with Gasteiger partial charge in [0.25, 0.3) is 0 Å². The van der Waals surface area contributed by atoms with Gasteiger partial charge in [0.05, 0.1) is 5.60 Å².